The van der Waals surface area contributed by atoms with Crippen LogP contribution in [0.1, 0.15) is 11.1 Å². The molecule has 7 heteroatoms. The molecular formula is C17H14ClN3O3. The maximum absolute atomic E-state index is 12.0. The van der Waals surface area contributed by atoms with Crippen LogP contribution >= 0.6 is 11.6 Å². The molecule has 0 aliphatic carbocycles. The summed E-state index contributed by atoms with van der Waals surface area (Å²) in [6.45, 7) is 0. The summed E-state index contributed by atoms with van der Waals surface area (Å²) in [5.74, 6) is 0.904. The number of anilines is 1. The van der Waals surface area contributed by atoms with Crippen molar-refractivity contribution in [3.05, 3.63) is 52.5 Å². The molecule has 0 aromatic heterocycles. The fourth-order valence-corrected chi connectivity index (χ4v) is 2.48. The van der Waals surface area contributed by atoms with Crippen molar-refractivity contribution >= 4 is 35.1 Å². The van der Waals surface area contributed by atoms with Crippen LogP contribution in [0, 0.1) is 0 Å². The highest BCUT2D eigenvalue weighted by Gasteiger charge is 2.26. The smallest absolute Gasteiger partial charge is 0.276 e. The van der Waals surface area contributed by atoms with Gasteiger partial charge in [-0.3, -0.25) is 4.79 Å². The van der Waals surface area contributed by atoms with Crippen molar-refractivity contribution in [1.82, 2.24) is 0 Å². The monoisotopic (exact) mass is 343 g/mol. The van der Waals surface area contributed by atoms with Gasteiger partial charge in [-0.2, -0.15) is 5.10 Å². The van der Waals surface area contributed by atoms with Crippen LogP contribution in [0.15, 0.2) is 46.6 Å². The van der Waals surface area contributed by atoms with Crippen LogP contribution in [0.3, 0.4) is 0 Å². The predicted octanol–water partition coefficient (Wildman–Crippen LogP) is 3.13. The molecule has 3 rings (SSSR count). The van der Waals surface area contributed by atoms with Gasteiger partial charge in [-0.05, 0) is 42.0 Å². The van der Waals surface area contributed by atoms with Gasteiger partial charge in [-0.15, -0.1) is 5.10 Å². The minimum Gasteiger partial charge on any atom is -0.493 e. The first-order valence-corrected chi connectivity index (χ1v) is 7.44. The Morgan fingerprint density at radius 1 is 1.08 bits per heavy atom. The summed E-state index contributed by atoms with van der Waals surface area (Å²) in [5.41, 5.74) is 2.30. The lowest BCUT2D eigenvalue weighted by molar-refractivity contribution is -0.110. The molecule has 0 unspecified atom stereocenters. The predicted molar refractivity (Wildman–Crippen MR) is 93.8 cm³/mol. The molecule has 1 amide bonds. The molecule has 1 heterocycles. The lowest BCUT2D eigenvalue weighted by Crippen LogP contribution is -2.13. The quantitative estimate of drug-likeness (QED) is 0.684. The number of carbonyl (C=O) groups is 1. The van der Waals surface area contributed by atoms with Crippen LogP contribution in [0.5, 0.6) is 11.5 Å². The second-order valence-corrected chi connectivity index (χ2v) is 5.39. The molecule has 24 heavy (non-hydrogen) atoms. The Labute approximate surface area is 143 Å². The minimum atomic E-state index is -0.309. The summed E-state index contributed by atoms with van der Waals surface area (Å²) in [7, 11) is 3.13. The molecule has 0 spiro atoms. The van der Waals surface area contributed by atoms with Crippen LogP contribution in [0.4, 0.5) is 5.69 Å². The molecular weight excluding hydrogens is 330 g/mol. The maximum Gasteiger partial charge on any atom is 0.276 e. The number of halogens is 1. The van der Waals surface area contributed by atoms with Crippen LogP contribution < -0.4 is 14.8 Å². The second kappa shape index (κ2) is 6.72. The minimum absolute atomic E-state index is 0.226. The number of hydrogen-bond acceptors (Lipinski definition) is 5. The lowest BCUT2D eigenvalue weighted by Gasteiger charge is -2.07. The van der Waals surface area contributed by atoms with Gasteiger partial charge >= 0.3 is 0 Å². The van der Waals surface area contributed by atoms with Gasteiger partial charge in [0.1, 0.15) is 0 Å². The number of carbonyl (C=O) groups excluding carboxylic acids is 1. The average molecular weight is 344 g/mol. The van der Waals surface area contributed by atoms with Gasteiger partial charge < -0.3 is 14.8 Å². The second-order valence-electron chi connectivity index (χ2n) is 4.95. The molecule has 0 fully saturated rings. The fourth-order valence-electron chi connectivity index (χ4n) is 2.31. The van der Waals surface area contributed by atoms with E-state index in [-0.39, 0.29) is 11.6 Å². The van der Waals surface area contributed by atoms with E-state index in [1.165, 1.54) is 6.21 Å². The van der Waals surface area contributed by atoms with Crippen molar-refractivity contribution < 1.29 is 14.3 Å². The highest BCUT2D eigenvalue weighted by atomic mass is 35.5. The van der Waals surface area contributed by atoms with E-state index in [1.807, 2.05) is 6.07 Å². The maximum atomic E-state index is 12.0. The Hall–Kier alpha value is -2.86. The standard InChI is InChI=1S/C17H14ClN3O3/c1-23-14-6-3-10(7-15(14)24-2)9-19-21-16-12-8-11(18)4-5-13(12)20-17(16)22/h3-9H,1-2H3,(H,20,21,22)/b19-9+. The summed E-state index contributed by atoms with van der Waals surface area (Å²) >= 11 is 5.97. The van der Waals surface area contributed by atoms with E-state index < -0.39 is 0 Å². The largest absolute Gasteiger partial charge is 0.493 e. The third kappa shape index (κ3) is 3.09. The normalized spacial score (nSPS) is 14.8. The Morgan fingerprint density at radius 2 is 1.88 bits per heavy atom. The Bertz CT molecular complexity index is 862. The van der Waals surface area contributed by atoms with E-state index in [9.17, 15) is 4.79 Å². The molecule has 1 aliphatic heterocycles. The highest BCUT2D eigenvalue weighted by Crippen LogP contribution is 2.28. The summed E-state index contributed by atoms with van der Waals surface area (Å²) in [6.07, 6.45) is 1.53. The molecule has 2 aromatic rings. The summed E-state index contributed by atoms with van der Waals surface area (Å²) < 4.78 is 10.4. The van der Waals surface area contributed by atoms with E-state index in [4.69, 9.17) is 21.1 Å². The van der Waals surface area contributed by atoms with Crippen LogP contribution in [0.2, 0.25) is 5.02 Å². The third-order valence-corrected chi connectivity index (χ3v) is 3.71. The molecule has 1 N–H and O–H groups in total. The topological polar surface area (TPSA) is 72.3 Å². The van der Waals surface area contributed by atoms with Crippen molar-refractivity contribution in [1.29, 1.82) is 0 Å². The van der Waals surface area contributed by atoms with Crippen molar-refractivity contribution in [2.24, 2.45) is 10.2 Å². The van der Waals surface area contributed by atoms with Crippen LogP contribution in [-0.4, -0.2) is 32.1 Å². The van der Waals surface area contributed by atoms with E-state index in [1.54, 1.807) is 44.6 Å². The Kier molecular flexibility index (Phi) is 4.48. The van der Waals surface area contributed by atoms with E-state index >= 15 is 0 Å². The summed E-state index contributed by atoms with van der Waals surface area (Å²) in [6, 6.07) is 10.5. The SMILES string of the molecule is COc1ccc(/C=N/N=C2\C(=O)Nc3ccc(Cl)cc32)cc1OC. The van der Waals surface area contributed by atoms with Gasteiger partial charge in [0.15, 0.2) is 17.2 Å². The van der Waals surface area contributed by atoms with Crippen LogP contribution in [-0.2, 0) is 4.79 Å². The number of ether oxygens (including phenoxy) is 2. The molecule has 0 saturated carbocycles. The Balaban J connectivity index is 1.87. The van der Waals surface area contributed by atoms with E-state index in [0.717, 1.165) is 5.56 Å². The van der Waals surface area contributed by atoms with Gasteiger partial charge in [0.2, 0.25) is 0 Å². The number of methoxy groups -OCH3 is 2. The first-order chi connectivity index (χ1) is 11.6. The molecule has 0 atom stereocenters. The van der Waals surface area contributed by atoms with Crippen molar-refractivity contribution in [3.8, 4) is 11.5 Å². The lowest BCUT2D eigenvalue weighted by atomic mass is 10.1. The number of nitrogens with zero attached hydrogens (tertiary/aromatic N) is 2. The van der Waals surface area contributed by atoms with Gasteiger partial charge in [0, 0.05) is 10.6 Å². The highest BCUT2D eigenvalue weighted by molar-refractivity contribution is 6.54. The van der Waals surface area contributed by atoms with Crippen molar-refractivity contribution in [2.45, 2.75) is 0 Å². The number of hydrogen-bond donors (Lipinski definition) is 1. The number of rotatable bonds is 4. The molecule has 1 aliphatic rings. The number of nitrogens with one attached hydrogen (secondary N) is 1. The zero-order valence-electron chi connectivity index (χ0n) is 13.0. The van der Waals surface area contributed by atoms with Crippen molar-refractivity contribution in [2.75, 3.05) is 19.5 Å². The molecule has 0 saturated heterocycles. The average Bonchev–Trinajstić information content (AvgIpc) is 2.90. The summed E-state index contributed by atoms with van der Waals surface area (Å²) in [4.78, 5) is 12.0. The summed E-state index contributed by atoms with van der Waals surface area (Å²) in [5, 5.41) is 11.3. The molecule has 0 radical (unpaired) electrons. The number of amides is 1. The molecule has 0 bridgehead atoms. The molecule has 2 aromatic carbocycles. The number of benzene rings is 2. The van der Waals surface area contributed by atoms with Gasteiger partial charge in [0.05, 0.1) is 26.1 Å². The molecule has 6 nitrogen and oxygen atoms in total. The zero-order chi connectivity index (χ0) is 17.1. The van der Waals surface area contributed by atoms with E-state index in [2.05, 4.69) is 15.5 Å². The molecule has 122 valence electrons. The van der Waals surface area contributed by atoms with Gasteiger partial charge in [-0.1, -0.05) is 11.6 Å². The van der Waals surface area contributed by atoms with Crippen LogP contribution in [0.25, 0.3) is 0 Å². The number of fused-ring (bicyclic) bond motifs is 1. The Morgan fingerprint density at radius 3 is 2.62 bits per heavy atom. The van der Waals surface area contributed by atoms with Gasteiger partial charge in [0.25, 0.3) is 5.91 Å². The zero-order valence-corrected chi connectivity index (χ0v) is 13.8. The van der Waals surface area contributed by atoms with Crippen molar-refractivity contribution in [3.63, 3.8) is 0 Å². The first-order valence-electron chi connectivity index (χ1n) is 7.06. The van der Waals surface area contributed by atoms with E-state index in [0.29, 0.717) is 27.8 Å². The fraction of sp³-hybridized carbons (Fsp3) is 0.118. The first kappa shape index (κ1) is 16.0. The third-order valence-electron chi connectivity index (χ3n) is 3.47. The van der Waals surface area contributed by atoms with Gasteiger partial charge in [-0.25, -0.2) is 0 Å².